The van der Waals surface area contributed by atoms with Crippen LogP contribution in [0.4, 0.5) is 19.0 Å². The van der Waals surface area contributed by atoms with Gasteiger partial charge in [0.25, 0.3) is 0 Å². The van der Waals surface area contributed by atoms with Gasteiger partial charge in [0.1, 0.15) is 5.82 Å². The summed E-state index contributed by atoms with van der Waals surface area (Å²) in [5.41, 5.74) is 2.77. The number of rotatable bonds is 4. The number of hydrogen-bond acceptors (Lipinski definition) is 6. The molecule has 0 fully saturated rings. The van der Waals surface area contributed by atoms with Gasteiger partial charge >= 0.3 is 12.1 Å². The van der Waals surface area contributed by atoms with Crippen molar-refractivity contribution in [2.45, 2.75) is 12.6 Å². The van der Waals surface area contributed by atoms with Gasteiger partial charge < -0.3 is 19.9 Å². The van der Waals surface area contributed by atoms with E-state index in [1.165, 1.54) is 0 Å². The second-order valence-corrected chi connectivity index (χ2v) is 6.55. The molecule has 4 rings (SSSR count). The number of aromatic nitrogens is 3. The molecule has 1 aliphatic heterocycles. The molecule has 1 aliphatic rings. The Morgan fingerprint density at radius 2 is 1.88 bits per heavy atom. The lowest BCUT2D eigenvalue weighted by Crippen LogP contribution is -2.21. The first-order valence-electron chi connectivity index (χ1n) is 9.05. The Kier molecular flexibility index (Phi) is 6.61. The first-order valence-corrected chi connectivity index (χ1v) is 9.05. The molecular weight excluding hydrogens is 433 g/mol. The van der Waals surface area contributed by atoms with Gasteiger partial charge in [-0.2, -0.15) is 18.3 Å². The Labute approximate surface area is 179 Å². The molecule has 168 valence electrons. The van der Waals surface area contributed by atoms with E-state index in [0.29, 0.717) is 17.3 Å². The van der Waals surface area contributed by atoms with Crippen LogP contribution in [0.5, 0.6) is 11.5 Å². The number of aliphatic carboxylic acids is 1. The number of nitrogens with one attached hydrogen (secondary N) is 1. The van der Waals surface area contributed by atoms with Crippen LogP contribution in [0.25, 0.3) is 11.1 Å². The molecule has 1 amide bonds. The SMILES string of the molecule is Cn1cc(-c2ccnc(NC(=O)Cc3ccc4c(c3)OCO4)c2)cn1.O=C(O)C(F)(F)F. The smallest absolute Gasteiger partial charge is 0.475 e. The van der Waals surface area contributed by atoms with E-state index in [0.717, 1.165) is 16.7 Å². The molecule has 0 saturated heterocycles. The van der Waals surface area contributed by atoms with Crippen molar-refractivity contribution in [3.63, 3.8) is 0 Å². The zero-order valence-corrected chi connectivity index (χ0v) is 16.6. The molecule has 0 saturated carbocycles. The monoisotopic (exact) mass is 450 g/mol. The predicted molar refractivity (Wildman–Crippen MR) is 105 cm³/mol. The van der Waals surface area contributed by atoms with Gasteiger partial charge in [0.15, 0.2) is 11.5 Å². The van der Waals surface area contributed by atoms with E-state index in [1.807, 2.05) is 43.6 Å². The number of amides is 1. The normalized spacial score (nSPS) is 12.0. The van der Waals surface area contributed by atoms with Crippen LogP contribution in [0, 0.1) is 0 Å². The zero-order chi connectivity index (χ0) is 23.3. The summed E-state index contributed by atoms with van der Waals surface area (Å²) in [6, 6.07) is 9.19. The van der Waals surface area contributed by atoms with E-state index >= 15 is 0 Å². The van der Waals surface area contributed by atoms with Gasteiger partial charge in [0.05, 0.1) is 12.6 Å². The Bertz CT molecular complexity index is 1130. The zero-order valence-electron chi connectivity index (χ0n) is 16.6. The van der Waals surface area contributed by atoms with Crippen LogP contribution in [0.3, 0.4) is 0 Å². The molecule has 3 aromatic rings. The number of nitrogens with zero attached hydrogens (tertiary/aromatic N) is 3. The van der Waals surface area contributed by atoms with Crippen LogP contribution < -0.4 is 14.8 Å². The van der Waals surface area contributed by atoms with Crippen LogP contribution in [0.2, 0.25) is 0 Å². The second-order valence-electron chi connectivity index (χ2n) is 6.55. The lowest BCUT2D eigenvalue weighted by Gasteiger charge is -2.06. The maximum atomic E-state index is 12.3. The minimum absolute atomic E-state index is 0.144. The summed E-state index contributed by atoms with van der Waals surface area (Å²) in [6.07, 6.45) is 0.495. The van der Waals surface area contributed by atoms with Crippen molar-refractivity contribution >= 4 is 17.7 Å². The standard InChI is InChI=1S/C18H16N4O3.C2HF3O2/c1-22-10-14(9-20-22)13-4-5-19-17(8-13)21-18(23)7-12-2-3-15-16(6-12)25-11-24-15;3-2(4,5)1(6)7/h2-6,8-10H,7,11H2,1H3,(H,19,21,23);(H,6,7). The molecule has 1 aromatic carbocycles. The van der Waals surface area contributed by atoms with Crippen LogP contribution in [0.1, 0.15) is 5.56 Å². The minimum Gasteiger partial charge on any atom is -0.475 e. The molecule has 3 heterocycles. The number of carboxylic acids is 1. The van der Waals surface area contributed by atoms with E-state index < -0.39 is 12.1 Å². The van der Waals surface area contributed by atoms with Gasteiger partial charge in [-0.15, -0.1) is 0 Å². The van der Waals surface area contributed by atoms with Gasteiger partial charge in [0.2, 0.25) is 12.7 Å². The van der Waals surface area contributed by atoms with Crippen molar-refractivity contribution in [3.8, 4) is 22.6 Å². The van der Waals surface area contributed by atoms with E-state index in [-0.39, 0.29) is 19.1 Å². The third-order valence-corrected chi connectivity index (χ3v) is 4.11. The second kappa shape index (κ2) is 9.37. The number of carbonyl (C=O) groups excluding carboxylic acids is 1. The van der Waals surface area contributed by atoms with Crippen LogP contribution in [-0.2, 0) is 23.1 Å². The van der Waals surface area contributed by atoms with Crippen molar-refractivity contribution in [1.29, 1.82) is 0 Å². The lowest BCUT2D eigenvalue weighted by molar-refractivity contribution is -0.192. The van der Waals surface area contributed by atoms with Gasteiger partial charge in [-0.3, -0.25) is 9.48 Å². The van der Waals surface area contributed by atoms with Crippen LogP contribution in [0.15, 0.2) is 48.9 Å². The predicted octanol–water partition coefficient (Wildman–Crippen LogP) is 3.03. The quantitative estimate of drug-likeness (QED) is 0.628. The third-order valence-electron chi connectivity index (χ3n) is 4.11. The minimum atomic E-state index is -5.08. The Morgan fingerprint density at radius 3 is 2.53 bits per heavy atom. The van der Waals surface area contributed by atoms with Crippen molar-refractivity contribution in [3.05, 3.63) is 54.5 Å². The summed E-state index contributed by atoms with van der Waals surface area (Å²) in [5.74, 6) is -1.02. The van der Waals surface area contributed by atoms with Crippen molar-refractivity contribution in [1.82, 2.24) is 14.8 Å². The number of carbonyl (C=O) groups is 2. The molecule has 32 heavy (non-hydrogen) atoms. The number of pyridine rings is 1. The summed E-state index contributed by atoms with van der Waals surface area (Å²) in [4.78, 5) is 25.4. The Hall–Kier alpha value is -4.09. The molecule has 0 unspecified atom stereocenters. The Morgan fingerprint density at radius 1 is 1.16 bits per heavy atom. The molecule has 0 bridgehead atoms. The molecule has 12 heteroatoms. The highest BCUT2D eigenvalue weighted by Crippen LogP contribution is 2.32. The summed E-state index contributed by atoms with van der Waals surface area (Å²) in [7, 11) is 1.86. The average Bonchev–Trinajstić information content (AvgIpc) is 3.36. The summed E-state index contributed by atoms with van der Waals surface area (Å²) in [6.45, 7) is 0.218. The molecular formula is C20H17F3N4O5. The van der Waals surface area contributed by atoms with Crippen molar-refractivity contribution in [2.75, 3.05) is 12.1 Å². The number of hydrogen-bond donors (Lipinski definition) is 2. The van der Waals surface area contributed by atoms with Crippen LogP contribution >= 0.6 is 0 Å². The number of carboxylic acid groups (broad SMARTS) is 1. The summed E-state index contributed by atoms with van der Waals surface area (Å²) < 4.78 is 44.1. The van der Waals surface area contributed by atoms with E-state index in [9.17, 15) is 18.0 Å². The molecule has 0 spiro atoms. The highest BCUT2D eigenvalue weighted by Gasteiger charge is 2.38. The van der Waals surface area contributed by atoms with Gasteiger partial charge in [0, 0.05) is 25.0 Å². The lowest BCUT2D eigenvalue weighted by atomic mass is 10.1. The average molecular weight is 450 g/mol. The van der Waals surface area contributed by atoms with E-state index in [1.54, 1.807) is 17.1 Å². The summed E-state index contributed by atoms with van der Waals surface area (Å²) in [5, 5.41) is 14.1. The number of ether oxygens (including phenoxy) is 2. The largest absolute Gasteiger partial charge is 0.490 e. The maximum Gasteiger partial charge on any atom is 0.490 e. The highest BCUT2D eigenvalue weighted by atomic mass is 19.4. The first-order chi connectivity index (χ1) is 15.1. The van der Waals surface area contributed by atoms with E-state index in [2.05, 4.69) is 15.4 Å². The first kappa shape index (κ1) is 22.6. The molecule has 2 N–H and O–H groups in total. The Balaban J connectivity index is 0.000000360. The number of aryl methyl sites for hydroxylation is 1. The van der Waals surface area contributed by atoms with Crippen molar-refractivity contribution in [2.24, 2.45) is 7.05 Å². The molecule has 0 aliphatic carbocycles. The third kappa shape index (κ3) is 5.97. The fourth-order valence-electron chi connectivity index (χ4n) is 2.67. The highest BCUT2D eigenvalue weighted by molar-refractivity contribution is 5.92. The van der Waals surface area contributed by atoms with Crippen molar-refractivity contribution < 1.29 is 37.3 Å². The van der Waals surface area contributed by atoms with Crippen LogP contribution in [-0.4, -0.2) is 44.7 Å². The van der Waals surface area contributed by atoms with Gasteiger partial charge in [-0.25, -0.2) is 9.78 Å². The molecule has 0 atom stereocenters. The molecule has 0 radical (unpaired) electrons. The number of halogens is 3. The maximum absolute atomic E-state index is 12.3. The summed E-state index contributed by atoms with van der Waals surface area (Å²) >= 11 is 0. The van der Waals surface area contributed by atoms with E-state index in [4.69, 9.17) is 19.4 Å². The number of fused-ring (bicyclic) bond motifs is 1. The number of benzene rings is 1. The topological polar surface area (TPSA) is 116 Å². The van der Waals surface area contributed by atoms with Gasteiger partial charge in [-0.1, -0.05) is 6.07 Å². The molecule has 2 aromatic heterocycles. The number of alkyl halides is 3. The van der Waals surface area contributed by atoms with Gasteiger partial charge in [-0.05, 0) is 35.4 Å². The molecule has 9 nitrogen and oxygen atoms in total. The fraction of sp³-hybridized carbons (Fsp3) is 0.200. The number of anilines is 1. The fourth-order valence-corrected chi connectivity index (χ4v) is 2.67.